The molecule has 3 aromatic heterocycles. The van der Waals surface area contributed by atoms with Crippen LogP contribution in [0.1, 0.15) is 18.6 Å². The molecule has 2 aliphatic heterocycles. The maximum absolute atomic E-state index is 11.0. The van der Waals surface area contributed by atoms with E-state index in [-0.39, 0.29) is 11.5 Å². The summed E-state index contributed by atoms with van der Waals surface area (Å²) in [6, 6.07) is 9.71. The van der Waals surface area contributed by atoms with Crippen LogP contribution in [0.3, 0.4) is 0 Å². The van der Waals surface area contributed by atoms with Gasteiger partial charge in [-0.3, -0.25) is 10.1 Å². The third-order valence-electron chi connectivity index (χ3n) is 6.86. The Labute approximate surface area is 216 Å². The standard InChI is InChI=1S/C25H22Cl2N6O3/c1-14(22-18(26)8-28-9-19(22)27)36-16-3-4-20-17(6-16)23(31-30-20)15-2-5-21(29-7-15)32-10-25(11-32)12-33(13-25)24(34)35/h2-9,14H,10-13H2,1H3,(H,30,31)(H,34,35)/t14-/m1/s1. The fraction of sp³-hybridized carbons (Fsp3) is 0.280. The summed E-state index contributed by atoms with van der Waals surface area (Å²) in [4.78, 5) is 23.3. The first-order chi connectivity index (χ1) is 17.3. The molecule has 0 aliphatic carbocycles. The topological polar surface area (TPSA) is 107 Å². The number of aromatic amines is 1. The number of rotatable bonds is 5. The summed E-state index contributed by atoms with van der Waals surface area (Å²) in [6.45, 7) is 4.72. The van der Waals surface area contributed by atoms with Gasteiger partial charge in [0.05, 0.1) is 15.6 Å². The lowest BCUT2D eigenvalue weighted by atomic mass is 9.73. The van der Waals surface area contributed by atoms with E-state index < -0.39 is 6.09 Å². The zero-order chi connectivity index (χ0) is 25.0. The Bertz CT molecular complexity index is 1440. The van der Waals surface area contributed by atoms with Gasteiger partial charge in [0, 0.05) is 66.7 Å². The number of pyridine rings is 2. The molecule has 2 saturated heterocycles. The number of anilines is 1. The number of halogens is 2. The van der Waals surface area contributed by atoms with E-state index in [9.17, 15) is 4.79 Å². The second-order valence-corrected chi connectivity index (χ2v) is 10.3. The molecule has 0 unspecified atom stereocenters. The van der Waals surface area contributed by atoms with Crippen LogP contribution < -0.4 is 9.64 Å². The molecule has 0 saturated carbocycles. The number of hydrogen-bond donors (Lipinski definition) is 2. The molecule has 11 heteroatoms. The van der Waals surface area contributed by atoms with E-state index in [4.69, 9.17) is 33.0 Å². The highest BCUT2D eigenvalue weighted by Crippen LogP contribution is 2.41. The number of nitrogens with zero attached hydrogens (tertiary/aromatic N) is 5. The molecule has 5 heterocycles. The Balaban J connectivity index is 1.18. The molecule has 2 fully saturated rings. The summed E-state index contributed by atoms with van der Waals surface area (Å²) in [5.74, 6) is 1.54. The summed E-state index contributed by atoms with van der Waals surface area (Å²) >= 11 is 12.6. The van der Waals surface area contributed by atoms with Crippen molar-refractivity contribution in [3.63, 3.8) is 0 Å². The highest BCUT2D eigenvalue weighted by Gasteiger charge is 2.53. The summed E-state index contributed by atoms with van der Waals surface area (Å²) in [5.41, 5.74) is 3.30. The first-order valence-corrected chi connectivity index (χ1v) is 12.2. The number of nitrogens with one attached hydrogen (secondary N) is 1. The minimum absolute atomic E-state index is 0.0788. The van der Waals surface area contributed by atoms with Gasteiger partial charge in [0.15, 0.2) is 0 Å². The third-order valence-corrected chi connectivity index (χ3v) is 7.47. The molecular formula is C25H22Cl2N6O3. The van der Waals surface area contributed by atoms with Crippen LogP contribution in [0.4, 0.5) is 10.6 Å². The number of hydrogen-bond acceptors (Lipinski definition) is 6. The van der Waals surface area contributed by atoms with E-state index in [1.54, 1.807) is 12.4 Å². The molecule has 36 heavy (non-hydrogen) atoms. The fourth-order valence-electron chi connectivity index (χ4n) is 5.10. The van der Waals surface area contributed by atoms with E-state index in [1.165, 1.54) is 4.90 Å². The van der Waals surface area contributed by atoms with E-state index in [0.717, 1.165) is 41.1 Å². The van der Waals surface area contributed by atoms with Gasteiger partial charge in [-0.15, -0.1) is 0 Å². The average Bonchev–Trinajstić information content (AvgIpc) is 3.20. The van der Waals surface area contributed by atoms with Crippen molar-refractivity contribution in [3.05, 3.63) is 64.5 Å². The zero-order valence-corrected chi connectivity index (χ0v) is 20.8. The first kappa shape index (κ1) is 22.9. The summed E-state index contributed by atoms with van der Waals surface area (Å²) in [7, 11) is 0. The van der Waals surface area contributed by atoms with Crippen molar-refractivity contribution in [1.82, 2.24) is 25.1 Å². The Morgan fingerprint density at radius 2 is 1.86 bits per heavy atom. The fourth-order valence-corrected chi connectivity index (χ4v) is 5.77. The van der Waals surface area contributed by atoms with Gasteiger partial charge in [-0.2, -0.15) is 5.10 Å². The van der Waals surface area contributed by atoms with E-state index >= 15 is 0 Å². The lowest BCUT2D eigenvalue weighted by Gasteiger charge is -2.59. The predicted octanol–water partition coefficient (Wildman–Crippen LogP) is 5.27. The molecule has 184 valence electrons. The number of ether oxygens (including phenoxy) is 1. The van der Waals surface area contributed by atoms with Gasteiger partial charge >= 0.3 is 6.09 Å². The van der Waals surface area contributed by atoms with Crippen molar-refractivity contribution in [1.29, 1.82) is 0 Å². The first-order valence-electron chi connectivity index (χ1n) is 11.4. The van der Waals surface area contributed by atoms with Crippen LogP contribution in [0.2, 0.25) is 10.0 Å². The van der Waals surface area contributed by atoms with Crippen LogP contribution in [0.5, 0.6) is 5.75 Å². The van der Waals surface area contributed by atoms with Gasteiger partial charge in [-0.25, -0.2) is 9.78 Å². The normalized spacial score (nSPS) is 17.1. The van der Waals surface area contributed by atoms with Gasteiger partial charge in [-0.1, -0.05) is 23.2 Å². The third kappa shape index (κ3) is 3.88. The number of carboxylic acid groups (broad SMARTS) is 1. The summed E-state index contributed by atoms with van der Waals surface area (Å²) in [6.07, 6.45) is 3.69. The molecule has 2 N–H and O–H groups in total. The number of aromatic nitrogens is 4. The Morgan fingerprint density at radius 1 is 1.11 bits per heavy atom. The minimum Gasteiger partial charge on any atom is -0.486 e. The number of H-pyrrole nitrogens is 1. The number of amides is 1. The summed E-state index contributed by atoms with van der Waals surface area (Å²) < 4.78 is 6.16. The Morgan fingerprint density at radius 3 is 2.53 bits per heavy atom. The molecule has 1 aromatic carbocycles. The van der Waals surface area contributed by atoms with Crippen LogP contribution in [0, 0.1) is 5.41 Å². The molecule has 9 nitrogen and oxygen atoms in total. The van der Waals surface area contributed by atoms with Gasteiger partial charge in [-0.05, 0) is 37.3 Å². The van der Waals surface area contributed by atoms with Gasteiger partial charge in [0.2, 0.25) is 0 Å². The van der Waals surface area contributed by atoms with Gasteiger partial charge in [0.25, 0.3) is 0 Å². The molecule has 1 amide bonds. The van der Waals surface area contributed by atoms with Crippen LogP contribution in [0.15, 0.2) is 48.9 Å². The quantitative estimate of drug-likeness (QED) is 0.366. The minimum atomic E-state index is -0.847. The highest BCUT2D eigenvalue weighted by atomic mass is 35.5. The second kappa shape index (κ2) is 8.53. The van der Waals surface area contributed by atoms with Crippen molar-refractivity contribution in [2.75, 3.05) is 31.1 Å². The van der Waals surface area contributed by atoms with Gasteiger partial charge < -0.3 is 19.6 Å². The highest BCUT2D eigenvalue weighted by molar-refractivity contribution is 6.35. The van der Waals surface area contributed by atoms with Crippen molar-refractivity contribution >= 4 is 46.0 Å². The summed E-state index contributed by atoms with van der Waals surface area (Å²) in [5, 5.41) is 18.5. The molecular weight excluding hydrogens is 503 g/mol. The van der Waals surface area contributed by atoms with Crippen molar-refractivity contribution in [2.45, 2.75) is 13.0 Å². The van der Waals surface area contributed by atoms with Gasteiger partial charge in [0.1, 0.15) is 23.4 Å². The van der Waals surface area contributed by atoms with E-state index in [0.29, 0.717) is 34.4 Å². The molecule has 0 radical (unpaired) electrons. The molecule has 0 bridgehead atoms. The number of fused-ring (bicyclic) bond motifs is 1. The lowest BCUT2D eigenvalue weighted by molar-refractivity contribution is -0.00974. The van der Waals surface area contributed by atoms with Crippen LogP contribution in [0.25, 0.3) is 22.2 Å². The monoisotopic (exact) mass is 524 g/mol. The van der Waals surface area contributed by atoms with Crippen molar-refractivity contribution in [2.24, 2.45) is 5.41 Å². The SMILES string of the molecule is C[C@@H](Oc1ccc2[nH]nc(-c3ccc(N4CC5(CN(C(=O)O)C5)C4)nc3)c2c1)c1c(Cl)cncc1Cl. The molecule has 4 aromatic rings. The number of carbonyl (C=O) groups is 1. The van der Waals surface area contributed by atoms with Crippen LogP contribution in [-0.2, 0) is 0 Å². The average molecular weight is 525 g/mol. The molecule has 1 spiro atoms. The van der Waals surface area contributed by atoms with Crippen LogP contribution in [-0.4, -0.2) is 62.4 Å². The smallest absolute Gasteiger partial charge is 0.407 e. The maximum Gasteiger partial charge on any atom is 0.407 e. The Hall–Kier alpha value is -3.56. The molecule has 1 atom stereocenters. The number of likely N-dealkylation sites (tertiary alicyclic amines) is 1. The Kier molecular flexibility index (Phi) is 5.42. The maximum atomic E-state index is 11.0. The van der Waals surface area contributed by atoms with E-state index in [2.05, 4.69) is 25.1 Å². The van der Waals surface area contributed by atoms with E-state index in [1.807, 2.05) is 43.5 Å². The van der Waals surface area contributed by atoms with Crippen LogP contribution >= 0.6 is 23.2 Å². The second-order valence-electron chi connectivity index (χ2n) is 9.46. The lowest BCUT2D eigenvalue weighted by Crippen LogP contribution is -2.73. The zero-order valence-electron chi connectivity index (χ0n) is 19.3. The van der Waals surface area contributed by atoms with Crippen molar-refractivity contribution < 1.29 is 14.6 Å². The predicted molar refractivity (Wildman–Crippen MR) is 137 cm³/mol. The molecule has 2 aliphatic rings. The number of benzene rings is 1. The van der Waals surface area contributed by atoms with Crippen molar-refractivity contribution in [3.8, 4) is 17.0 Å². The largest absolute Gasteiger partial charge is 0.486 e. The molecule has 6 rings (SSSR count).